The van der Waals surface area contributed by atoms with Crippen LogP contribution >= 0.6 is 15.9 Å². The fourth-order valence-corrected chi connectivity index (χ4v) is 8.46. The second-order valence-corrected chi connectivity index (χ2v) is 15.7. The second-order valence-electron chi connectivity index (χ2n) is 9.36. The molecule has 220 valence electrons. The van der Waals surface area contributed by atoms with E-state index in [-0.39, 0.29) is 48.0 Å². The van der Waals surface area contributed by atoms with E-state index in [9.17, 15) is 0 Å². The molecule has 0 aromatic heterocycles. The van der Waals surface area contributed by atoms with E-state index < -0.39 is 15.9 Å². The van der Waals surface area contributed by atoms with Crippen LogP contribution in [0, 0.1) is 0 Å². The highest BCUT2D eigenvalue weighted by molar-refractivity contribution is 7.68. The molecular weight excluding hydrogens is 728 g/mol. The van der Waals surface area contributed by atoms with Gasteiger partial charge >= 0.3 is 0 Å². The van der Waals surface area contributed by atoms with Crippen molar-refractivity contribution in [2.24, 2.45) is 0 Å². The lowest BCUT2D eigenvalue weighted by atomic mass is 10.6. The molecule has 1 aliphatic heterocycles. The smallest absolute Gasteiger partial charge is 0.223 e. The van der Waals surface area contributed by atoms with Gasteiger partial charge in [0, 0.05) is 47.6 Å². The van der Waals surface area contributed by atoms with Crippen LogP contribution in [0.1, 0.15) is 0 Å². The van der Waals surface area contributed by atoms with Crippen molar-refractivity contribution >= 4 is 15.9 Å². The predicted octanol–water partition coefficient (Wildman–Crippen LogP) is -4.41. The fraction of sp³-hybridized carbons (Fsp3) is 1.00. The van der Waals surface area contributed by atoms with Crippen molar-refractivity contribution in [3.63, 3.8) is 0 Å². The van der Waals surface area contributed by atoms with Crippen LogP contribution in [0.3, 0.4) is 0 Å². The Balaban J connectivity index is 0. The molecule has 0 amide bonds. The van der Waals surface area contributed by atoms with Gasteiger partial charge in [0.1, 0.15) is 0 Å². The molecule has 36 heavy (non-hydrogen) atoms. The molecule has 1 rings (SSSR count). The van der Waals surface area contributed by atoms with Gasteiger partial charge in [-0.15, -0.1) is 4.67 Å². The van der Waals surface area contributed by atoms with Gasteiger partial charge in [-0.05, 0) is 28.2 Å². The number of hydrogen-bond donors (Lipinski definition) is 0. The average molecular weight is 781 g/mol. The summed E-state index contributed by atoms with van der Waals surface area (Å²) in [5.41, 5.74) is 0. The number of hydrogen-bond acceptors (Lipinski definition) is 10. The first kappa shape index (κ1) is 40.1. The standard InChI is InChI=1S/C22H53N6O4P2.2HI/c1-23(2)22-33(24(3)4)27-10-14-29-18-20-31-16-12-28(34(9,25(5)6)26(7)8)13-17-32-21-19-30-15-11-27;;/h10-22H2,1-9H3;2*1H/q+1;;/p-2. The van der Waals surface area contributed by atoms with Gasteiger partial charge in [-0.3, -0.25) is 9.34 Å². The van der Waals surface area contributed by atoms with Crippen LogP contribution in [0.25, 0.3) is 0 Å². The van der Waals surface area contributed by atoms with E-state index in [1.165, 1.54) is 0 Å². The molecule has 0 bridgehead atoms. The molecular formula is C22H53I2N6O4P2-. The molecule has 0 spiro atoms. The van der Waals surface area contributed by atoms with Crippen molar-refractivity contribution in [3.8, 4) is 0 Å². The Hall–Kier alpha value is 1.92. The molecule has 1 saturated heterocycles. The Kier molecular flexibility index (Phi) is 25.1. The first-order chi connectivity index (χ1) is 16.1. The summed E-state index contributed by atoms with van der Waals surface area (Å²) in [5, 5.41) is 0. The molecule has 1 unspecified atom stereocenters. The van der Waals surface area contributed by atoms with Crippen molar-refractivity contribution in [2.75, 3.05) is 148 Å². The summed E-state index contributed by atoms with van der Waals surface area (Å²) in [6, 6.07) is 0. The van der Waals surface area contributed by atoms with Gasteiger partial charge in [0.2, 0.25) is 7.71 Å². The highest BCUT2D eigenvalue weighted by atomic mass is 127. The molecule has 0 saturated carbocycles. The Morgan fingerprint density at radius 1 is 0.611 bits per heavy atom. The maximum atomic E-state index is 5.96. The van der Waals surface area contributed by atoms with Crippen molar-refractivity contribution in [2.45, 2.75) is 0 Å². The summed E-state index contributed by atoms with van der Waals surface area (Å²) >= 11 is 0. The van der Waals surface area contributed by atoms with E-state index in [4.69, 9.17) is 18.9 Å². The van der Waals surface area contributed by atoms with Crippen molar-refractivity contribution in [1.82, 2.24) is 28.3 Å². The summed E-state index contributed by atoms with van der Waals surface area (Å²) in [6.45, 7) is 11.1. The number of halogens is 2. The zero-order chi connectivity index (χ0) is 25.6. The highest BCUT2D eigenvalue weighted by Gasteiger charge is 2.45. The minimum atomic E-state index is -1.61. The van der Waals surface area contributed by atoms with E-state index in [0.29, 0.717) is 52.9 Å². The van der Waals surface area contributed by atoms with E-state index in [1.54, 1.807) is 0 Å². The molecule has 1 heterocycles. The van der Waals surface area contributed by atoms with Crippen LogP contribution in [-0.2, 0) is 18.9 Å². The van der Waals surface area contributed by atoms with Crippen LogP contribution in [0.2, 0.25) is 0 Å². The predicted molar refractivity (Wildman–Crippen MR) is 146 cm³/mol. The van der Waals surface area contributed by atoms with Gasteiger partial charge in [-0.1, -0.05) is 0 Å². The monoisotopic (exact) mass is 781 g/mol. The van der Waals surface area contributed by atoms with Crippen molar-refractivity contribution < 1.29 is 66.9 Å². The molecule has 0 N–H and O–H groups in total. The zero-order valence-electron chi connectivity index (χ0n) is 24.2. The molecule has 0 aromatic carbocycles. The zero-order valence-corrected chi connectivity index (χ0v) is 30.3. The molecule has 10 nitrogen and oxygen atoms in total. The van der Waals surface area contributed by atoms with E-state index >= 15 is 0 Å². The summed E-state index contributed by atoms with van der Waals surface area (Å²) < 4.78 is 35.8. The lowest BCUT2D eigenvalue weighted by Gasteiger charge is -2.40. The topological polar surface area (TPSA) is 56.4 Å². The second kappa shape index (κ2) is 22.6. The fourth-order valence-electron chi connectivity index (χ4n) is 3.74. The number of rotatable bonds is 7. The van der Waals surface area contributed by atoms with E-state index in [1.807, 2.05) is 0 Å². The van der Waals surface area contributed by atoms with Crippen LogP contribution in [0.5, 0.6) is 0 Å². The molecule has 0 aliphatic carbocycles. The Labute approximate surface area is 258 Å². The van der Waals surface area contributed by atoms with Crippen LogP contribution in [-0.4, -0.2) is 177 Å². The summed E-state index contributed by atoms with van der Waals surface area (Å²) in [4.78, 5) is 2.25. The van der Waals surface area contributed by atoms with Crippen molar-refractivity contribution in [1.29, 1.82) is 0 Å². The summed E-state index contributed by atoms with van der Waals surface area (Å²) in [7, 11) is 15.2. The first-order valence-corrected chi connectivity index (χ1v) is 15.8. The van der Waals surface area contributed by atoms with Gasteiger partial charge < -0.3 is 71.8 Å². The Bertz CT molecular complexity index is 503. The molecule has 1 aliphatic rings. The minimum Gasteiger partial charge on any atom is -1.00 e. The maximum Gasteiger partial charge on any atom is 0.223 e. The quantitative estimate of drug-likeness (QED) is 0.187. The van der Waals surface area contributed by atoms with Crippen molar-refractivity contribution in [3.05, 3.63) is 0 Å². The van der Waals surface area contributed by atoms with Gasteiger partial charge in [0.15, 0.2) is 0 Å². The number of ether oxygens (including phenoxy) is 4. The average Bonchev–Trinajstić information content (AvgIpc) is 2.76. The number of nitrogens with zero attached hydrogens (tertiary/aromatic N) is 6. The SMILES string of the molecule is CN(C)CP(N(C)C)N1CCOCCOCCN([P+](C)(N(C)C)N(C)C)CCOCCOCC1.[I-].[I-]. The third-order valence-corrected chi connectivity index (χ3v) is 13.3. The van der Waals surface area contributed by atoms with Crippen LogP contribution < -0.4 is 48.0 Å². The van der Waals surface area contributed by atoms with E-state index in [2.05, 4.69) is 91.3 Å². The van der Waals surface area contributed by atoms with Gasteiger partial charge in [-0.2, -0.15) is 9.34 Å². The first-order valence-electron chi connectivity index (χ1n) is 12.2. The maximum absolute atomic E-state index is 5.96. The molecule has 1 atom stereocenters. The van der Waals surface area contributed by atoms with E-state index in [0.717, 1.165) is 32.5 Å². The third kappa shape index (κ3) is 15.1. The lowest BCUT2D eigenvalue weighted by Crippen LogP contribution is -3.00. The van der Waals surface area contributed by atoms with Gasteiger partial charge in [-0.25, -0.2) is 0 Å². The highest BCUT2D eigenvalue weighted by Crippen LogP contribution is 2.61. The Morgan fingerprint density at radius 2 is 0.972 bits per heavy atom. The summed E-state index contributed by atoms with van der Waals surface area (Å²) in [5.74, 6) is 0. The molecule has 1 fully saturated rings. The van der Waals surface area contributed by atoms with Gasteiger partial charge in [0.05, 0.1) is 80.8 Å². The molecule has 0 radical (unpaired) electrons. The molecule has 0 aromatic rings. The minimum absolute atomic E-state index is 0. The summed E-state index contributed by atoms with van der Waals surface area (Å²) in [6.07, 6.45) is 1.02. The molecule has 14 heteroatoms. The third-order valence-electron chi connectivity index (χ3n) is 5.97. The largest absolute Gasteiger partial charge is 1.00 e. The van der Waals surface area contributed by atoms with Gasteiger partial charge in [0.25, 0.3) is 0 Å². The lowest BCUT2D eigenvalue weighted by molar-refractivity contribution is -0.00100. The normalized spacial score (nSPS) is 20.6. The Morgan fingerprint density at radius 3 is 1.28 bits per heavy atom. The van der Waals surface area contributed by atoms with Crippen LogP contribution in [0.15, 0.2) is 0 Å². The van der Waals surface area contributed by atoms with Crippen LogP contribution in [0.4, 0.5) is 0 Å².